The maximum Gasteiger partial charge on any atom is 0.242 e. The van der Waals surface area contributed by atoms with Crippen LogP contribution in [-0.4, -0.2) is 19.6 Å². The molecular weight excluding hydrogens is 294 g/mol. The zero-order valence-electron chi connectivity index (χ0n) is 11.6. The molecule has 0 radical (unpaired) electrons. The van der Waals surface area contributed by atoms with E-state index in [2.05, 4.69) is 4.72 Å². The third-order valence-corrected chi connectivity index (χ3v) is 6.27. The highest BCUT2D eigenvalue weighted by molar-refractivity contribution is 7.90. The van der Waals surface area contributed by atoms with Crippen LogP contribution in [0, 0.1) is 0 Å². The van der Waals surface area contributed by atoms with Gasteiger partial charge in [0.05, 0.1) is 11.5 Å². The predicted octanol–water partition coefficient (Wildman–Crippen LogP) is 2.86. The second-order valence-corrected chi connectivity index (χ2v) is 7.43. The van der Waals surface area contributed by atoms with Crippen molar-refractivity contribution in [2.24, 2.45) is 0 Å². The molecule has 6 heteroatoms. The first kappa shape index (κ1) is 15.4. The molecule has 0 aliphatic rings. The summed E-state index contributed by atoms with van der Waals surface area (Å²) in [6.45, 7) is 3.64. The van der Waals surface area contributed by atoms with Crippen molar-refractivity contribution in [3.8, 4) is 0 Å². The summed E-state index contributed by atoms with van der Waals surface area (Å²) in [7, 11) is -3.61. The van der Waals surface area contributed by atoms with Gasteiger partial charge in [-0.3, -0.25) is 0 Å². The largest absolute Gasteiger partial charge is 0.391 e. The topological polar surface area (TPSA) is 66.4 Å². The molecule has 2 aromatic rings. The van der Waals surface area contributed by atoms with Crippen LogP contribution in [0.25, 0.3) is 10.1 Å². The van der Waals surface area contributed by atoms with Crippen LogP contribution in [0.1, 0.15) is 31.6 Å². The number of hydrogen-bond donors (Lipinski definition) is 2. The second-order valence-electron chi connectivity index (χ2n) is 4.64. The molecule has 0 amide bonds. The number of rotatable bonds is 6. The summed E-state index contributed by atoms with van der Waals surface area (Å²) >= 11 is 1.32. The first-order valence-corrected chi connectivity index (χ1v) is 8.97. The molecule has 0 saturated heterocycles. The Morgan fingerprint density at radius 1 is 1.25 bits per heavy atom. The maximum absolute atomic E-state index is 12.6. The van der Waals surface area contributed by atoms with Gasteiger partial charge in [-0.25, -0.2) is 13.1 Å². The van der Waals surface area contributed by atoms with Crippen LogP contribution in [0.3, 0.4) is 0 Å². The standard InChI is InChI=1S/C14H19NO3S2/c1-3-10(4-2)15-20(17,18)14-11-7-5-6-8-12(11)19-13(14)9-16/h5-8,10,15-16H,3-4,9H2,1-2H3. The highest BCUT2D eigenvalue weighted by atomic mass is 32.2. The lowest BCUT2D eigenvalue weighted by Crippen LogP contribution is -2.34. The van der Waals surface area contributed by atoms with E-state index in [1.807, 2.05) is 32.0 Å². The molecule has 1 aromatic carbocycles. The molecule has 4 nitrogen and oxygen atoms in total. The van der Waals surface area contributed by atoms with Crippen LogP contribution >= 0.6 is 11.3 Å². The normalized spacial score (nSPS) is 12.4. The smallest absolute Gasteiger partial charge is 0.242 e. The van der Waals surface area contributed by atoms with Crippen LogP contribution in [0.4, 0.5) is 0 Å². The minimum absolute atomic E-state index is 0.0785. The molecular formula is C14H19NO3S2. The summed E-state index contributed by atoms with van der Waals surface area (Å²) in [5, 5.41) is 10.1. The van der Waals surface area contributed by atoms with E-state index in [4.69, 9.17) is 0 Å². The van der Waals surface area contributed by atoms with Gasteiger partial charge in [0.2, 0.25) is 10.0 Å². The zero-order chi connectivity index (χ0) is 14.8. The zero-order valence-corrected chi connectivity index (χ0v) is 13.2. The van der Waals surface area contributed by atoms with Crippen molar-refractivity contribution in [2.45, 2.75) is 44.2 Å². The molecule has 0 aliphatic carbocycles. The Labute approximate surface area is 123 Å². The lowest BCUT2D eigenvalue weighted by Gasteiger charge is -2.15. The lowest BCUT2D eigenvalue weighted by molar-refractivity contribution is 0.282. The summed E-state index contributed by atoms with van der Waals surface area (Å²) in [6.07, 6.45) is 1.48. The molecule has 1 aromatic heterocycles. The Hall–Kier alpha value is -0.950. The molecule has 1 heterocycles. The van der Waals surface area contributed by atoms with Gasteiger partial charge in [0, 0.05) is 16.1 Å². The first-order chi connectivity index (χ1) is 9.53. The highest BCUT2D eigenvalue weighted by Gasteiger charge is 2.25. The summed E-state index contributed by atoms with van der Waals surface area (Å²) in [5.41, 5.74) is 0. The van der Waals surface area contributed by atoms with Gasteiger partial charge in [-0.1, -0.05) is 32.0 Å². The number of benzene rings is 1. The van der Waals surface area contributed by atoms with Gasteiger partial charge < -0.3 is 5.11 Å². The van der Waals surface area contributed by atoms with E-state index in [-0.39, 0.29) is 17.5 Å². The van der Waals surface area contributed by atoms with E-state index in [1.165, 1.54) is 11.3 Å². The molecule has 0 bridgehead atoms. The number of hydrogen-bond acceptors (Lipinski definition) is 4. The number of aliphatic hydroxyl groups is 1. The van der Waals surface area contributed by atoms with Crippen LogP contribution in [0.2, 0.25) is 0 Å². The van der Waals surface area contributed by atoms with Gasteiger partial charge in [0.15, 0.2) is 0 Å². The van der Waals surface area contributed by atoms with E-state index in [9.17, 15) is 13.5 Å². The average molecular weight is 313 g/mol. The minimum atomic E-state index is -3.61. The van der Waals surface area contributed by atoms with Crippen molar-refractivity contribution >= 4 is 31.4 Å². The van der Waals surface area contributed by atoms with E-state index in [1.54, 1.807) is 6.07 Å². The van der Waals surface area contributed by atoms with Crippen molar-refractivity contribution in [3.63, 3.8) is 0 Å². The molecule has 0 saturated carbocycles. The van der Waals surface area contributed by atoms with Crippen LogP contribution in [-0.2, 0) is 16.6 Å². The van der Waals surface area contributed by atoms with Crippen LogP contribution in [0.15, 0.2) is 29.2 Å². The maximum atomic E-state index is 12.6. The van der Waals surface area contributed by atoms with Crippen molar-refractivity contribution < 1.29 is 13.5 Å². The van der Waals surface area contributed by atoms with Gasteiger partial charge in [0.25, 0.3) is 0 Å². The fourth-order valence-electron chi connectivity index (χ4n) is 2.20. The van der Waals surface area contributed by atoms with E-state index in [0.717, 1.165) is 17.5 Å². The predicted molar refractivity (Wildman–Crippen MR) is 82.4 cm³/mol. The monoisotopic (exact) mass is 313 g/mol. The van der Waals surface area contributed by atoms with Crippen LogP contribution in [0.5, 0.6) is 0 Å². The number of thiophene rings is 1. The van der Waals surface area contributed by atoms with E-state index < -0.39 is 10.0 Å². The van der Waals surface area contributed by atoms with Gasteiger partial charge >= 0.3 is 0 Å². The highest BCUT2D eigenvalue weighted by Crippen LogP contribution is 2.34. The Bertz CT molecular complexity index is 688. The fraction of sp³-hybridized carbons (Fsp3) is 0.429. The molecule has 0 spiro atoms. The molecule has 20 heavy (non-hydrogen) atoms. The minimum Gasteiger partial charge on any atom is -0.391 e. The number of fused-ring (bicyclic) bond motifs is 1. The van der Waals surface area contributed by atoms with Crippen molar-refractivity contribution in [1.29, 1.82) is 0 Å². The molecule has 2 rings (SSSR count). The van der Waals surface area contributed by atoms with Gasteiger partial charge in [0.1, 0.15) is 4.90 Å². The Balaban J connectivity index is 2.55. The molecule has 0 atom stereocenters. The van der Waals surface area contributed by atoms with Gasteiger partial charge in [-0.15, -0.1) is 11.3 Å². The summed E-state index contributed by atoms with van der Waals surface area (Å²) in [4.78, 5) is 0.720. The van der Waals surface area contributed by atoms with Crippen molar-refractivity contribution in [3.05, 3.63) is 29.1 Å². The molecule has 110 valence electrons. The first-order valence-electron chi connectivity index (χ1n) is 6.67. The SMILES string of the molecule is CCC(CC)NS(=O)(=O)c1c(CO)sc2ccccc12. The average Bonchev–Trinajstić information content (AvgIpc) is 2.84. The van der Waals surface area contributed by atoms with Crippen molar-refractivity contribution in [1.82, 2.24) is 4.72 Å². The van der Waals surface area contributed by atoms with E-state index >= 15 is 0 Å². The summed E-state index contributed by atoms with van der Waals surface area (Å²) < 4.78 is 28.8. The Kier molecular flexibility index (Phi) is 4.80. The summed E-state index contributed by atoms with van der Waals surface area (Å²) in [5.74, 6) is 0. The second kappa shape index (κ2) is 6.22. The van der Waals surface area contributed by atoms with Crippen molar-refractivity contribution in [2.75, 3.05) is 0 Å². The third-order valence-electron chi connectivity index (χ3n) is 3.34. The fourth-order valence-corrected chi connectivity index (χ4v) is 5.40. The summed E-state index contributed by atoms with van der Waals surface area (Å²) in [6, 6.07) is 7.25. The Morgan fingerprint density at radius 2 is 1.90 bits per heavy atom. The van der Waals surface area contributed by atoms with Gasteiger partial charge in [-0.05, 0) is 18.9 Å². The number of sulfonamides is 1. The number of aliphatic hydroxyl groups excluding tert-OH is 1. The number of nitrogens with one attached hydrogen (secondary N) is 1. The molecule has 0 fully saturated rings. The van der Waals surface area contributed by atoms with Gasteiger partial charge in [-0.2, -0.15) is 0 Å². The molecule has 2 N–H and O–H groups in total. The van der Waals surface area contributed by atoms with E-state index in [0.29, 0.717) is 10.3 Å². The lowest BCUT2D eigenvalue weighted by atomic mass is 10.2. The Morgan fingerprint density at radius 3 is 2.50 bits per heavy atom. The quantitative estimate of drug-likeness (QED) is 0.862. The molecule has 0 unspecified atom stereocenters. The third kappa shape index (κ3) is 2.88. The van der Waals surface area contributed by atoms with Crippen LogP contribution < -0.4 is 4.72 Å². The molecule has 0 aliphatic heterocycles.